The van der Waals surface area contributed by atoms with Gasteiger partial charge < -0.3 is 14.3 Å². The van der Waals surface area contributed by atoms with Crippen molar-refractivity contribution in [2.45, 2.75) is 11.3 Å². The number of benzene rings is 2. The summed E-state index contributed by atoms with van der Waals surface area (Å²) in [4.78, 5) is 41.2. The lowest BCUT2D eigenvalue weighted by molar-refractivity contribution is -0.168. The van der Waals surface area contributed by atoms with Crippen molar-refractivity contribution in [1.82, 2.24) is 5.06 Å². The van der Waals surface area contributed by atoms with Gasteiger partial charge >= 0.3 is 5.97 Å². The number of rotatable bonds is 5. The first kappa shape index (κ1) is 18.9. The Morgan fingerprint density at radius 2 is 1.59 bits per heavy atom. The van der Waals surface area contributed by atoms with Gasteiger partial charge in [0.25, 0.3) is 11.8 Å². The van der Waals surface area contributed by atoms with E-state index in [1.54, 1.807) is 12.1 Å². The van der Waals surface area contributed by atoms with E-state index < -0.39 is 39.8 Å². The zero-order chi connectivity index (χ0) is 20.6. The largest absolute Gasteiger partial charge is 0.486 e. The normalized spacial score (nSPS) is 15.2. The first-order valence-electron chi connectivity index (χ1n) is 8.68. The maximum atomic E-state index is 12.5. The third kappa shape index (κ3) is 3.54. The first-order valence-corrected chi connectivity index (χ1v) is 10.3. The van der Waals surface area contributed by atoms with E-state index in [0.717, 1.165) is 0 Å². The van der Waals surface area contributed by atoms with Crippen molar-refractivity contribution in [2.24, 2.45) is 0 Å². The van der Waals surface area contributed by atoms with E-state index in [1.165, 1.54) is 30.3 Å². The Morgan fingerprint density at radius 3 is 2.24 bits per heavy atom. The van der Waals surface area contributed by atoms with Crippen LogP contribution in [0.3, 0.4) is 0 Å². The van der Waals surface area contributed by atoms with E-state index in [2.05, 4.69) is 0 Å². The highest BCUT2D eigenvalue weighted by molar-refractivity contribution is 7.91. The summed E-state index contributed by atoms with van der Waals surface area (Å²) in [5.74, 6) is -2.36. The van der Waals surface area contributed by atoms with Crippen molar-refractivity contribution in [3.8, 4) is 11.5 Å². The van der Waals surface area contributed by atoms with Crippen LogP contribution in [-0.2, 0) is 19.5 Å². The van der Waals surface area contributed by atoms with Crippen molar-refractivity contribution in [3.63, 3.8) is 0 Å². The molecule has 0 spiro atoms. The summed E-state index contributed by atoms with van der Waals surface area (Å²) in [5, 5.41) is 0.351. The van der Waals surface area contributed by atoms with Crippen LogP contribution in [0.15, 0.2) is 47.4 Å². The summed E-state index contributed by atoms with van der Waals surface area (Å²) in [7, 11) is -3.83. The van der Waals surface area contributed by atoms with Gasteiger partial charge in [-0.15, -0.1) is 0 Å². The highest BCUT2D eigenvalue weighted by Crippen LogP contribution is 2.32. The number of imide groups is 1. The molecule has 2 heterocycles. The summed E-state index contributed by atoms with van der Waals surface area (Å²) in [6.07, 6.45) is -0.538. The summed E-state index contributed by atoms with van der Waals surface area (Å²) >= 11 is 0. The molecule has 9 nitrogen and oxygen atoms in total. The molecule has 2 aromatic carbocycles. The van der Waals surface area contributed by atoms with Gasteiger partial charge in [-0.25, -0.2) is 13.2 Å². The van der Waals surface area contributed by atoms with Crippen molar-refractivity contribution in [3.05, 3.63) is 53.6 Å². The molecule has 2 aromatic rings. The molecule has 0 radical (unpaired) electrons. The lowest BCUT2D eigenvalue weighted by Crippen LogP contribution is -2.33. The third-order valence-corrected chi connectivity index (χ3v) is 6.11. The molecule has 10 heteroatoms. The number of amides is 2. The van der Waals surface area contributed by atoms with Gasteiger partial charge in [-0.05, 0) is 24.3 Å². The fourth-order valence-corrected chi connectivity index (χ4v) is 4.18. The molecule has 0 atom stereocenters. The highest BCUT2D eigenvalue weighted by Gasteiger charge is 2.38. The van der Waals surface area contributed by atoms with Crippen LogP contribution in [0.5, 0.6) is 11.5 Å². The zero-order valence-corrected chi connectivity index (χ0v) is 15.8. The fraction of sp³-hybridized carbons (Fsp3) is 0.211. The smallest absolute Gasteiger partial charge is 0.334 e. The van der Waals surface area contributed by atoms with Gasteiger partial charge in [0.1, 0.15) is 13.2 Å². The minimum atomic E-state index is -3.83. The number of ether oxygens (including phenoxy) is 2. The van der Waals surface area contributed by atoms with Gasteiger partial charge in [0.2, 0.25) is 0 Å². The van der Waals surface area contributed by atoms with Crippen LogP contribution in [0.4, 0.5) is 0 Å². The maximum absolute atomic E-state index is 12.5. The van der Waals surface area contributed by atoms with Crippen LogP contribution in [-0.4, -0.2) is 50.2 Å². The van der Waals surface area contributed by atoms with Crippen molar-refractivity contribution < 1.29 is 37.1 Å². The quantitative estimate of drug-likeness (QED) is 0.670. The van der Waals surface area contributed by atoms with Crippen molar-refractivity contribution in [1.29, 1.82) is 0 Å². The summed E-state index contributed by atoms with van der Waals surface area (Å²) in [6.45, 7) is 0.686. The van der Waals surface area contributed by atoms with Crippen LogP contribution < -0.4 is 9.47 Å². The Labute approximate surface area is 165 Å². The monoisotopic (exact) mass is 417 g/mol. The molecule has 0 N–H and O–H groups in total. The molecule has 29 heavy (non-hydrogen) atoms. The summed E-state index contributed by atoms with van der Waals surface area (Å²) in [5.41, 5.74) is 0.239. The Hall–Kier alpha value is -3.40. The second kappa shape index (κ2) is 7.21. The number of fused-ring (bicyclic) bond motifs is 2. The average Bonchev–Trinajstić information content (AvgIpc) is 2.97. The number of nitrogens with zero attached hydrogens (tertiary/aromatic N) is 1. The van der Waals surface area contributed by atoms with Crippen LogP contribution in [0, 0.1) is 0 Å². The first-order chi connectivity index (χ1) is 13.9. The molecule has 4 rings (SSSR count). The number of hydrogen-bond acceptors (Lipinski definition) is 8. The summed E-state index contributed by atoms with van der Waals surface area (Å²) in [6, 6.07) is 10.2. The number of sulfone groups is 1. The third-order valence-electron chi connectivity index (χ3n) is 4.40. The van der Waals surface area contributed by atoms with Gasteiger partial charge in [0.05, 0.1) is 28.2 Å². The van der Waals surface area contributed by atoms with Crippen molar-refractivity contribution >= 4 is 27.6 Å². The minimum Gasteiger partial charge on any atom is -0.486 e. The van der Waals surface area contributed by atoms with E-state index in [0.29, 0.717) is 29.8 Å². The van der Waals surface area contributed by atoms with Gasteiger partial charge in [0.15, 0.2) is 21.3 Å². The average molecular weight is 417 g/mol. The van der Waals surface area contributed by atoms with Gasteiger partial charge in [0, 0.05) is 6.07 Å². The Kier molecular flexibility index (Phi) is 4.71. The Morgan fingerprint density at radius 1 is 0.966 bits per heavy atom. The van der Waals surface area contributed by atoms with E-state index in [-0.39, 0.29) is 16.0 Å². The van der Waals surface area contributed by atoms with E-state index in [9.17, 15) is 22.8 Å². The van der Waals surface area contributed by atoms with Gasteiger partial charge in [-0.3, -0.25) is 9.59 Å². The van der Waals surface area contributed by atoms with E-state index in [1.807, 2.05) is 0 Å². The minimum absolute atomic E-state index is 0.0321. The molecule has 0 bridgehead atoms. The molecule has 0 saturated heterocycles. The predicted molar refractivity (Wildman–Crippen MR) is 97.1 cm³/mol. The molecule has 0 aliphatic carbocycles. The summed E-state index contributed by atoms with van der Waals surface area (Å²) < 4.78 is 35.7. The van der Waals surface area contributed by atoms with Gasteiger partial charge in [-0.1, -0.05) is 17.2 Å². The van der Waals surface area contributed by atoms with Crippen molar-refractivity contribution in [2.75, 3.05) is 19.0 Å². The van der Waals surface area contributed by atoms with Gasteiger partial charge in [-0.2, -0.15) is 0 Å². The lowest BCUT2D eigenvalue weighted by Gasteiger charge is -2.18. The molecular weight excluding hydrogens is 402 g/mol. The second-order valence-electron chi connectivity index (χ2n) is 6.29. The van der Waals surface area contributed by atoms with Crippen LogP contribution >= 0.6 is 0 Å². The molecule has 0 aromatic heterocycles. The Balaban J connectivity index is 1.41. The van der Waals surface area contributed by atoms with Crippen LogP contribution in [0.25, 0.3) is 0 Å². The number of hydroxylamine groups is 2. The molecule has 0 saturated carbocycles. The van der Waals surface area contributed by atoms with Crippen LogP contribution in [0.1, 0.15) is 27.1 Å². The lowest BCUT2D eigenvalue weighted by atomic mass is 10.1. The fourth-order valence-electron chi connectivity index (χ4n) is 2.95. The molecule has 0 fully saturated rings. The molecule has 150 valence electrons. The number of carbonyl (C=O) groups excluding carboxylic acids is 3. The topological polar surface area (TPSA) is 116 Å². The second-order valence-corrected chi connectivity index (χ2v) is 8.40. The van der Waals surface area contributed by atoms with Crippen LogP contribution in [0.2, 0.25) is 0 Å². The zero-order valence-electron chi connectivity index (χ0n) is 15.0. The highest BCUT2D eigenvalue weighted by atomic mass is 32.2. The Bertz CT molecular complexity index is 1090. The molecular formula is C19H15NO8S. The standard InChI is InChI=1S/C19H15NO8S/c21-17(28-20-18(22)13-3-1-2-4-14(13)19(20)23)7-10-29(24,25)12-5-6-15-16(11-12)27-9-8-26-15/h1-6,11H,7-10H2. The molecule has 2 amide bonds. The molecule has 0 unspecified atom stereocenters. The maximum Gasteiger partial charge on any atom is 0.334 e. The number of carbonyl (C=O) groups is 3. The number of hydrogen-bond donors (Lipinski definition) is 0. The SMILES string of the molecule is O=C(CCS(=O)(=O)c1ccc2c(c1)OCCO2)ON1C(=O)c2ccccc2C1=O. The predicted octanol–water partition coefficient (Wildman–Crippen LogP) is 1.38. The van der Waals surface area contributed by atoms with E-state index in [4.69, 9.17) is 14.3 Å². The molecule has 2 aliphatic heterocycles. The molecule has 2 aliphatic rings. The van der Waals surface area contributed by atoms with E-state index >= 15 is 0 Å².